The Morgan fingerprint density at radius 2 is 2.25 bits per heavy atom. The molecular formula is C10H9N5S. The summed E-state index contributed by atoms with van der Waals surface area (Å²) in [5.41, 5.74) is 8.13. The second-order valence-corrected chi connectivity index (χ2v) is 4.30. The highest BCUT2D eigenvalue weighted by molar-refractivity contribution is 7.13. The fourth-order valence-corrected chi connectivity index (χ4v) is 2.19. The molecule has 3 aromatic heterocycles. The summed E-state index contributed by atoms with van der Waals surface area (Å²) in [4.78, 5) is 12.9. The van der Waals surface area contributed by atoms with E-state index in [4.69, 9.17) is 5.73 Å². The van der Waals surface area contributed by atoms with Crippen LogP contribution >= 0.6 is 11.3 Å². The largest absolute Gasteiger partial charge is 0.375 e. The van der Waals surface area contributed by atoms with E-state index in [1.54, 1.807) is 6.20 Å². The van der Waals surface area contributed by atoms with Gasteiger partial charge in [0, 0.05) is 18.6 Å². The molecule has 3 rings (SSSR count). The Morgan fingerprint density at radius 3 is 2.94 bits per heavy atom. The Kier molecular flexibility index (Phi) is 1.90. The van der Waals surface area contributed by atoms with E-state index >= 15 is 0 Å². The van der Waals surface area contributed by atoms with Crippen molar-refractivity contribution in [3.63, 3.8) is 0 Å². The highest BCUT2D eigenvalue weighted by Crippen LogP contribution is 2.24. The van der Waals surface area contributed by atoms with Crippen LogP contribution in [-0.2, 0) is 7.05 Å². The van der Waals surface area contributed by atoms with Crippen LogP contribution in [0.2, 0.25) is 0 Å². The summed E-state index contributed by atoms with van der Waals surface area (Å²) in [6.45, 7) is 0. The third kappa shape index (κ3) is 1.27. The summed E-state index contributed by atoms with van der Waals surface area (Å²) in [5.74, 6) is 0.793. The molecule has 0 saturated carbocycles. The second kappa shape index (κ2) is 3.28. The van der Waals surface area contributed by atoms with E-state index in [1.165, 1.54) is 11.3 Å². The Hall–Kier alpha value is -1.95. The van der Waals surface area contributed by atoms with E-state index in [0.29, 0.717) is 5.13 Å². The lowest BCUT2D eigenvalue weighted by Crippen LogP contribution is -1.93. The van der Waals surface area contributed by atoms with Gasteiger partial charge >= 0.3 is 0 Å². The van der Waals surface area contributed by atoms with E-state index in [9.17, 15) is 0 Å². The molecule has 0 aliphatic heterocycles. The lowest BCUT2D eigenvalue weighted by Gasteiger charge is -1.97. The first-order valence-corrected chi connectivity index (χ1v) is 5.62. The molecule has 0 spiro atoms. The first-order chi connectivity index (χ1) is 7.75. The quantitative estimate of drug-likeness (QED) is 0.691. The van der Waals surface area contributed by atoms with Gasteiger partial charge in [0.2, 0.25) is 0 Å². The standard InChI is InChI=1S/C10H9N5S/c1-15-7-3-2-4-12-8(7)14-9(15)6-5-16-10(11)13-6/h2-5H,1H3,(H2,11,13). The van der Waals surface area contributed by atoms with Crippen molar-refractivity contribution in [1.29, 1.82) is 0 Å². The number of anilines is 1. The smallest absolute Gasteiger partial charge is 0.180 e. The lowest BCUT2D eigenvalue weighted by atomic mass is 10.4. The van der Waals surface area contributed by atoms with Gasteiger partial charge in [0.25, 0.3) is 0 Å². The number of pyridine rings is 1. The minimum absolute atomic E-state index is 0.551. The maximum atomic E-state index is 5.61. The van der Waals surface area contributed by atoms with Gasteiger partial charge in [0.15, 0.2) is 16.6 Å². The summed E-state index contributed by atoms with van der Waals surface area (Å²) >= 11 is 1.41. The van der Waals surface area contributed by atoms with Crippen molar-refractivity contribution in [2.75, 3.05) is 5.73 Å². The van der Waals surface area contributed by atoms with Crippen LogP contribution in [-0.4, -0.2) is 19.5 Å². The van der Waals surface area contributed by atoms with Gasteiger partial charge in [-0.05, 0) is 12.1 Å². The van der Waals surface area contributed by atoms with Gasteiger partial charge < -0.3 is 10.3 Å². The molecule has 5 nitrogen and oxygen atoms in total. The van der Waals surface area contributed by atoms with Gasteiger partial charge in [0.1, 0.15) is 5.69 Å². The average molecular weight is 231 g/mol. The minimum Gasteiger partial charge on any atom is -0.375 e. The number of aryl methyl sites for hydroxylation is 1. The fourth-order valence-electron chi connectivity index (χ4n) is 1.65. The minimum atomic E-state index is 0.551. The average Bonchev–Trinajstić information content (AvgIpc) is 2.84. The highest BCUT2D eigenvalue weighted by atomic mass is 32.1. The van der Waals surface area contributed by atoms with E-state index in [0.717, 1.165) is 22.7 Å². The van der Waals surface area contributed by atoms with Gasteiger partial charge in [0.05, 0.1) is 5.52 Å². The molecule has 3 heterocycles. The Bertz CT molecular complexity index is 654. The summed E-state index contributed by atoms with van der Waals surface area (Å²) in [5, 5.41) is 2.45. The maximum absolute atomic E-state index is 5.61. The summed E-state index contributed by atoms with van der Waals surface area (Å²) in [7, 11) is 1.95. The van der Waals surface area contributed by atoms with Crippen LogP contribution < -0.4 is 5.73 Å². The number of imidazole rings is 1. The number of hydrogen-bond acceptors (Lipinski definition) is 5. The Balaban J connectivity index is 2.28. The predicted molar refractivity (Wildman–Crippen MR) is 64.0 cm³/mol. The number of rotatable bonds is 1. The van der Waals surface area contributed by atoms with Crippen molar-refractivity contribution < 1.29 is 0 Å². The molecule has 0 aliphatic carbocycles. The molecule has 3 aromatic rings. The number of nitrogens with zero attached hydrogens (tertiary/aromatic N) is 4. The van der Waals surface area contributed by atoms with Crippen LogP contribution in [0.15, 0.2) is 23.7 Å². The number of aromatic nitrogens is 4. The zero-order valence-electron chi connectivity index (χ0n) is 8.58. The molecule has 2 N–H and O–H groups in total. The van der Waals surface area contributed by atoms with Gasteiger partial charge in [-0.2, -0.15) is 0 Å². The monoisotopic (exact) mass is 231 g/mol. The van der Waals surface area contributed by atoms with Crippen molar-refractivity contribution in [2.45, 2.75) is 0 Å². The third-order valence-electron chi connectivity index (χ3n) is 2.41. The molecule has 6 heteroatoms. The lowest BCUT2D eigenvalue weighted by molar-refractivity contribution is 0.953. The van der Waals surface area contributed by atoms with E-state index in [1.807, 2.05) is 29.1 Å². The van der Waals surface area contributed by atoms with Gasteiger partial charge in [-0.1, -0.05) is 0 Å². The SMILES string of the molecule is Cn1c(-c2csc(N)n2)nc2ncccc21. The van der Waals surface area contributed by atoms with Crippen LogP contribution in [0.5, 0.6) is 0 Å². The number of nitrogen functional groups attached to an aromatic ring is 1. The summed E-state index contributed by atoms with van der Waals surface area (Å²) in [6.07, 6.45) is 1.73. The van der Waals surface area contributed by atoms with E-state index in [-0.39, 0.29) is 0 Å². The van der Waals surface area contributed by atoms with Gasteiger partial charge in [-0.3, -0.25) is 0 Å². The number of nitrogens with two attached hydrogens (primary N) is 1. The first-order valence-electron chi connectivity index (χ1n) is 4.74. The predicted octanol–water partition coefficient (Wildman–Crippen LogP) is 1.67. The fraction of sp³-hybridized carbons (Fsp3) is 0.100. The summed E-state index contributed by atoms with van der Waals surface area (Å²) < 4.78 is 1.97. The zero-order valence-corrected chi connectivity index (χ0v) is 9.40. The van der Waals surface area contributed by atoms with E-state index in [2.05, 4.69) is 15.0 Å². The van der Waals surface area contributed by atoms with Crippen LogP contribution in [0.3, 0.4) is 0 Å². The topological polar surface area (TPSA) is 69.6 Å². The van der Waals surface area contributed by atoms with Gasteiger partial charge in [-0.15, -0.1) is 11.3 Å². The highest BCUT2D eigenvalue weighted by Gasteiger charge is 2.12. The molecule has 0 saturated heterocycles. The Morgan fingerprint density at radius 1 is 1.38 bits per heavy atom. The molecule has 0 atom stereocenters. The number of thiazole rings is 1. The second-order valence-electron chi connectivity index (χ2n) is 3.41. The number of fused-ring (bicyclic) bond motifs is 1. The van der Waals surface area contributed by atoms with Crippen molar-refractivity contribution in [2.24, 2.45) is 7.05 Å². The van der Waals surface area contributed by atoms with Crippen molar-refractivity contribution in [3.8, 4) is 11.5 Å². The number of hydrogen-bond donors (Lipinski definition) is 1. The molecule has 0 amide bonds. The summed E-state index contributed by atoms with van der Waals surface area (Å²) in [6, 6.07) is 3.87. The van der Waals surface area contributed by atoms with Crippen molar-refractivity contribution in [1.82, 2.24) is 19.5 Å². The van der Waals surface area contributed by atoms with Crippen LogP contribution in [0.1, 0.15) is 0 Å². The molecule has 0 unspecified atom stereocenters. The van der Waals surface area contributed by atoms with Gasteiger partial charge in [-0.25, -0.2) is 15.0 Å². The van der Waals surface area contributed by atoms with Crippen LogP contribution in [0.25, 0.3) is 22.7 Å². The molecule has 0 bridgehead atoms. The molecule has 0 fully saturated rings. The molecule has 0 aromatic carbocycles. The van der Waals surface area contributed by atoms with Crippen LogP contribution in [0, 0.1) is 0 Å². The normalized spacial score (nSPS) is 11.1. The molecule has 0 radical (unpaired) electrons. The molecule has 16 heavy (non-hydrogen) atoms. The molecule has 80 valence electrons. The maximum Gasteiger partial charge on any atom is 0.180 e. The molecular weight excluding hydrogens is 222 g/mol. The third-order valence-corrected chi connectivity index (χ3v) is 3.08. The van der Waals surface area contributed by atoms with E-state index < -0.39 is 0 Å². The molecule has 0 aliphatic rings. The Labute approximate surface area is 95.6 Å². The van der Waals surface area contributed by atoms with Crippen molar-refractivity contribution >= 4 is 27.6 Å². The first kappa shape index (κ1) is 9.29. The zero-order chi connectivity index (χ0) is 11.1. The van der Waals surface area contributed by atoms with Crippen molar-refractivity contribution in [3.05, 3.63) is 23.7 Å². The van der Waals surface area contributed by atoms with Crippen LogP contribution in [0.4, 0.5) is 5.13 Å².